The molecule has 8 heteroatoms. The van der Waals surface area contributed by atoms with Gasteiger partial charge in [-0.3, -0.25) is 0 Å². The molecule has 26 rings (SSSR count). The van der Waals surface area contributed by atoms with Gasteiger partial charge in [0.15, 0.2) is 0 Å². The lowest BCUT2D eigenvalue weighted by Gasteiger charge is -2.26. The van der Waals surface area contributed by atoms with Crippen molar-refractivity contribution in [3.63, 3.8) is 0 Å². The molecule has 22 aromatic carbocycles. The van der Waals surface area contributed by atoms with Crippen molar-refractivity contribution in [1.82, 2.24) is 18.3 Å². The fourth-order valence-electron chi connectivity index (χ4n) is 20.8. The first-order valence-corrected chi connectivity index (χ1v) is 47.8. The summed E-state index contributed by atoms with van der Waals surface area (Å²) < 4.78 is 9.48. The predicted molar refractivity (Wildman–Crippen MR) is 591 cm³/mol. The van der Waals surface area contributed by atoms with Crippen molar-refractivity contribution in [2.45, 2.75) is 0 Å². The monoisotopic (exact) mass is 1790 g/mol. The van der Waals surface area contributed by atoms with Crippen molar-refractivity contribution in [2.75, 3.05) is 19.6 Å². The number of nitrogens with zero attached hydrogens (tertiary/aromatic N) is 8. The normalized spacial score (nSPS) is 11.4. The van der Waals surface area contributed by atoms with Crippen molar-refractivity contribution < 1.29 is 0 Å². The molecule has 0 aliphatic heterocycles. The average Bonchev–Trinajstić information content (AvgIpc) is 1.61. The fraction of sp³-hybridized carbons (Fsp3) is 0. The van der Waals surface area contributed by atoms with Gasteiger partial charge in [-0.1, -0.05) is 303 Å². The van der Waals surface area contributed by atoms with Crippen molar-refractivity contribution in [1.29, 1.82) is 0 Å². The molecule has 0 aliphatic rings. The molecule has 0 atom stereocenters. The minimum atomic E-state index is 1.08. The van der Waals surface area contributed by atoms with E-state index in [-0.39, 0.29) is 0 Å². The van der Waals surface area contributed by atoms with Gasteiger partial charge in [-0.2, -0.15) is 0 Å². The highest BCUT2D eigenvalue weighted by molar-refractivity contribution is 6.14. The van der Waals surface area contributed by atoms with E-state index in [0.717, 1.165) is 113 Å². The van der Waals surface area contributed by atoms with Gasteiger partial charge >= 0.3 is 0 Å². The van der Waals surface area contributed by atoms with Gasteiger partial charge in [-0.05, 0) is 299 Å². The number of para-hydroxylation sites is 12. The Labute approximate surface area is 813 Å². The molecule has 0 saturated carbocycles. The quantitative estimate of drug-likeness (QED) is 0.0761. The summed E-state index contributed by atoms with van der Waals surface area (Å²) in [4.78, 5) is 9.32. The first kappa shape index (κ1) is 83.1. The van der Waals surface area contributed by atoms with E-state index in [4.69, 9.17) is 0 Å². The van der Waals surface area contributed by atoms with Gasteiger partial charge in [0.1, 0.15) is 0 Å². The molecule has 26 aromatic rings. The third-order valence-electron chi connectivity index (χ3n) is 27.4. The maximum absolute atomic E-state index is 2.38. The van der Waals surface area contributed by atoms with Crippen LogP contribution in [0.3, 0.4) is 0 Å². The minimum Gasteiger partial charge on any atom is -0.311 e. The van der Waals surface area contributed by atoms with Gasteiger partial charge in [0, 0.05) is 134 Å². The molecule has 0 N–H and O–H groups in total. The van der Waals surface area contributed by atoms with Crippen LogP contribution in [0.1, 0.15) is 0 Å². The Kier molecular flexibility index (Phi) is 21.5. The van der Waals surface area contributed by atoms with E-state index in [2.05, 4.69) is 596 Å². The SMILES string of the molecule is c1ccc(N(c2ccc(-c3ccc(N(c4ccccc4)c4ccc(-n5c6ccccc6c6ccccc65)cc4)cc3)cc2)c2ccc(-c3ccc4c(c3)c3ccccc3n4-c3ccccc3)cc2)cc1.c1ccc(N(c2ccccc2)c2ccc(-c3ccc(N(c4ccc(-c5ccc6c(c5)c5ccccc5n6-c5ccccc5)cc4)c4ccc(-n5c6ccccc6c6ccccc65)cc4)cc3)cc2)cc1. The smallest absolute Gasteiger partial charge is 0.0541 e. The van der Waals surface area contributed by atoms with Crippen LogP contribution in [-0.2, 0) is 0 Å². The van der Waals surface area contributed by atoms with Crippen LogP contribution in [0.15, 0.2) is 558 Å². The van der Waals surface area contributed by atoms with E-state index in [1.54, 1.807) is 0 Å². The molecule has 4 heterocycles. The highest BCUT2D eigenvalue weighted by atomic mass is 15.2. The van der Waals surface area contributed by atoms with Gasteiger partial charge < -0.3 is 37.9 Å². The summed E-state index contributed by atoms with van der Waals surface area (Å²) in [5.41, 5.74) is 36.7. The molecule has 0 unspecified atom stereocenters. The highest BCUT2D eigenvalue weighted by Gasteiger charge is 2.24. The largest absolute Gasteiger partial charge is 0.311 e. The van der Waals surface area contributed by atoms with Crippen LogP contribution in [0.5, 0.6) is 0 Å². The first-order valence-electron chi connectivity index (χ1n) is 47.8. The number of aromatic nitrogens is 4. The lowest BCUT2D eigenvalue weighted by molar-refractivity contribution is 1.17. The summed E-state index contributed by atoms with van der Waals surface area (Å²) in [6.45, 7) is 0. The molecule has 4 aromatic heterocycles. The molecule has 0 radical (unpaired) electrons. The zero-order chi connectivity index (χ0) is 92.8. The van der Waals surface area contributed by atoms with Gasteiger partial charge in [0.25, 0.3) is 0 Å². The van der Waals surface area contributed by atoms with Crippen LogP contribution in [0.4, 0.5) is 68.2 Å². The summed E-state index contributed by atoms with van der Waals surface area (Å²) in [5, 5.41) is 10.0. The molecule has 8 nitrogen and oxygen atoms in total. The second-order valence-electron chi connectivity index (χ2n) is 35.6. The van der Waals surface area contributed by atoms with Gasteiger partial charge in [-0.25, -0.2) is 0 Å². The van der Waals surface area contributed by atoms with E-state index in [1.807, 2.05) is 0 Å². The van der Waals surface area contributed by atoms with Gasteiger partial charge in [0.05, 0.1) is 44.1 Å². The van der Waals surface area contributed by atoms with Gasteiger partial charge in [-0.15, -0.1) is 0 Å². The fourth-order valence-corrected chi connectivity index (χ4v) is 20.8. The molecule has 0 spiro atoms. The Bertz CT molecular complexity index is 8810. The lowest BCUT2D eigenvalue weighted by atomic mass is 10.0. The number of anilines is 12. The number of hydrogen-bond acceptors (Lipinski definition) is 4. The lowest BCUT2D eigenvalue weighted by Crippen LogP contribution is -2.10. The van der Waals surface area contributed by atoms with Crippen molar-refractivity contribution in [3.8, 4) is 67.3 Å². The maximum Gasteiger partial charge on any atom is 0.0541 e. The average molecular weight is 1790 g/mol. The summed E-state index contributed by atoms with van der Waals surface area (Å²) in [7, 11) is 0. The Balaban J connectivity index is 0.000000148. The molecule has 0 amide bonds. The van der Waals surface area contributed by atoms with Crippen LogP contribution in [0, 0.1) is 0 Å². The first-order chi connectivity index (χ1) is 69.5. The summed E-state index contributed by atoms with van der Waals surface area (Å²) >= 11 is 0. The van der Waals surface area contributed by atoms with Crippen molar-refractivity contribution >= 4 is 155 Å². The van der Waals surface area contributed by atoms with E-state index in [1.165, 1.54) is 109 Å². The van der Waals surface area contributed by atoms with Gasteiger partial charge in [0.2, 0.25) is 0 Å². The molecule has 0 aliphatic carbocycles. The van der Waals surface area contributed by atoms with E-state index in [0.29, 0.717) is 0 Å². The number of hydrogen-bond donors (Lipinski definition) is 0. The molecular weight excluding hydrogens is 1700 g/mol. The molecule has 0 bridgehead atoms. The van der Waals surface area contributed by atoms with Crippen LogP contribution >= 0.6 is 0 Å². The summed E-state index contributed by atoms with van der Waals surface area (Å²) in [6.07, 6.45) is 0. The molecular formula is C132H92N8. The van der Waals surface area contributed by atoms with E-state index >= 15 is 0 Å². The topological polar surface area (TPSA) is 32.7 Å². The summed E-state index contributed by atoms with van der Waals surface area (Å²) in [5.74, 6) is 0. The van der Waals surface area contributed by atoms with Crippen LogP contribution < -0.4 is 19.6 Å². The second kappa shape index (κ2) is 36.2. The number of benzene rings is 22. The third kappa shape index (κ3) is 15.4. The van der Waals surface area contributed by atoms with Crippen LogP contribution in [0.25, 0.3) is 154 Å². The van der Waals surface area contributed by atoms with E-state index in [9.17, 15) is 0 Å². The van der Waals surface area contributed by atoms with Crippen molar-refractivity contribution in [2.24, 2.45) is 0 Å². The Morgan fingerprint density at radius 3 is 0.457 bits per heavy atom. The zero-order valence-electron chi connectivity index (χ0n) is 76.7. The molecule has 0 fully saturated rings. The van der Waals surface area contributed by atoms with Crippen LogP contribution in [0.2, 0.25) is 0 Å². The Morgan fingerprint density at radius 2 is 0.243 bits per heavy atom. The maximum atomic E-state index is 2.38. The second-order valence-corrected chi connectivity index (χ2v) is 35.6. The van der Waals surface area contributed by atoms with E-state index < -0.39 is 0 Å². The standard InChI is InChI=1S/2C66H46N4/c1-4-16-51(17-5-1)67(56-39-32-49(33-40-56)50-34-45-66-62(46-50)61-24-12-15-27-65(61)69(66)53-20-8-3-9-21-53)54-35-28-47(29-36-54)48-30-37-55(38-31-48)68(52-18-6-2-7-19-52)57-41-43-58(44-42-57)70-63-25-13-10-22-59(63)60-23-11-14-26-64(60)70;1-4-16-51(17-5-1)67(52-18-6-2-7-19-52)54-35-28-47(29-36-54)48-30-37-55(38-31-48)68(57-41-43-58(44-42-57)70-63-25-13-10-22-59(63)60-23-11-14-26-64(60)70)56-39-32-49(33-40-56)50-34-45-66-62(46-50)61-24-12-15-27-65(61)69(66)53-20-8-3-9-21-53/h2*1-46H. The highest BCUT2D eigenvalue weighted by Crippen LogP contribution is 2.47. The minimum absolute atomic E-state index is 1.08. The predicted octanol–water partition coefficient (Wildman–Crippen LogP) is 36.3. The molecule has 0 saturated heterocycles. The number of rotatable bonds is 20. The number of fused-ring (bicyclic) bond motifs is 12. The molecule has 660 valence electrons. The van der Waals surface area contributed by atoms with Crippen LogP contribution in [-0.4, -0.2) is 18.3 Å². The Hall–Kier alpha value is -18.8. The summed E-state index contributed by atoms with van der Waals surface area (Å²) in [6, 6.07) is 201. The zero-order valence-corrected chi connectivity index (χ0v) is 76.7. The third-order valence-corrected chi connectivity index (χ3v) is 27.4. The Morgan fingerprint density at radius 1 is 0.100 bits per heavy atom. The molecule has 140 heavy (non-hydrogen) atoms. The van der Waals surface area contributed by atoms with Crippen molar-refractivity contribution in [3.05, 3.63) is 558 Å².